The van der Waals surface area contributed by atoms with E-state index >= 15 is 0 Å². The number of thiophene rings is 1. The van der Waals surface area contributed by atoms with Gasteiger partial charge in [0.2, 0.25) is 5.91 Å². The Hall–Kier alpha value is -1.66. The van der Waals surface area contributed by atoms with Crippen molar-refractivity contribution >= 4 is 17.2 Å². The van der Waals surface area contributed by atoms with Crippen LogP contribution < -0.4 is 11.1 Å². The van der Waals surface area contributed by atoms with Gasteiger partial charge in [0.1, 0.15) is 6.26 Å². The largest absolute Gasteiger partial charge is 0.366 e. The standard InChI is InChI=1S/C10H11N3O2S/c11-10(14)7-3-9(16-6-7)5-12-4-8-1-2-15-13-8/h1-3,6,12H,4-5H2,(H2,11,14). The first-order chi connectivity index (χ1) is 7.75. The van der Waals surface area contributed by atoms with E-state index < -0.39 is 0 Å². The number of rotatable bonds is 5. The van der Waals surface area contributed by atoms with Gasteiger partial charge in [-0.15, -0.1) is 11.3 Å². The Balaban J connectivity index is 1.83. The van der Waals surface area contributed by atoms with E-state index in [0.29, 0.717) is 18.7 Å². The second kappa shape index (κ2) is 4.91. The molecule has 5 nitrogen and oxygen atoms in total. The molecular formula is C10H11N3O2S. The molecule has 0 aliphatic carbocycles. The van der Waals surface area contributed by atoms with Crippen molar-refractivity contribution in [1.29, 1.82) is 0 Å². The minimum Gasteiger partial charge on any atom is -0.366 e. The molecule has 2 aromatic heterocycles. The molecule has 84 valence electrons. The number of nitrogens with two attached hydrogens (primary N) is 1. The summed E-state index contributed by atoms with van der Waals surface area (Å²) in [5, 5.41) is 8.72. The van der Waals surface area contributed by atoms with Crippen LogP contribution in [-0.2, 0) is 13.1 Å². The fraction of sp³-hybridized carbons (Fsp3) is 0.200. The molecule has 2 rings (SSSR count). The lowest BCUT2D eigenvalue weighted by Gasteiger charge is -1.98. The molecule has 0 radical (unpaired) electrons. The van der Waals surface area contributed by atoms with E-state index in [1.54, 1.807) is 17.5 Å². The van der Waals surface area contributed by atoms with Crippen molar-refractivity contribution in [1.82, 2.24) is 10.5 Å². The molecule has 0 bridgehead atoms. The molecule has 0 atom stereocenters. The third-order valence-electron chi connectivity index (χ3n) is 2.03. The predicted octanol–water partition coefficient (Wildman–Crippen LogP) is 1.12. The van der Waals surface area contributed by atoms with Gasteiger partial charge >= 0.3 is 0 Å². The van der Waals surface area contributed by atoms with Crippen LogP contribution in [0, 0.1) is 0 Å². The number of hydrogen-bond donors (Lipinski definition) is 2. The number of nitrogens with zero attached hydrogens (tertiary/aromatic N) is 1. The van der Waals surface area contributed by atoms with Crippen LogP contribution in [0.4, 0.5) is 0 Å². The van der Waals surface area contributed by atoms with Gasteiger partial charge in [0.25, 0.3) is 0 Å². The molecule has 0 unspecified atom stereocenters. The molecule has 1 amide bonds. The van der Waals surface area contributed by atoms with Gasteiger partial charge in [-0.3, -0.25) is 4.79 Å². The zero-order chi connectivity index (χ0) is 11.4. The van der Waals surface area contributed by atoms with E-state index in [9.17, 15) is 4.79 Å². The minimum absolute atomic E-state index is 0.390. The van der Waals surface area contributed by atoms with Crippen molar-refractivity contribution in [3.05, 3.63) is 39.9 Å². The highest BCUT2D eigenvalue weighted by molar-refractivity contribution is 7.10. The Kier molecular flexibility index (Phi) is 3.33. The van der Waals surface area contributed by atoms with Crippen molar-refractivity contribution in [3.63, 3.8) is 0 Å². The van der Waals surface area contributed by atoms with Crippen molar-refractivity contribution < 1.29 is 9.32 Å². The Morgan fingerprint density at radius 1 is 1.56 bits per heavy atom. The van der Waals surface area contributed by atoms with E-state index in [4.69, 9.17) is 10.3 Å². The highest BCUT2D eigenvalue weighted by atomic mass is 32.1. The van der Waals surface area contributed by atoms with Gasteiger partial charge < -0.3 is 15.6 Å². The zero-order valence-electron chi connectivity index (χ0n) is 8.47. The fourth-order valence-corrected chi connectivity index (χ4v) is 2.09. The predicted molar refractivity (Wildman–Crippen MR) is 59.9 cm³/mol. The summed E-state index contributed by atoms with van der Waals surface area (Å²) >= 11 is 1.51. The molecule has 0 spiro atoms. The lowest BCUT2D eigenvalue weighted by molar-refractivity contribution is 0.100. The first-order valence-corrected chi connectivity index (χ1v) is 5.61. The van der Waals surface area contributed by atoms with Gasteiger partial charge in [0, 0.05) is 29.4 Å². The molecular weight excluding hydrogens is 226 g/mol. The number of aromatic nitrogens is 1. The van der Waals surface area contributed by atoms with E-state index in [1.165, 1.54) is 17.6 Å². The van der Waals surface area contributed by atoms with E-state index in [1.807, 2.05) is 0 Å². The Bertz CT molecular complexity index is 464. The van der Waals surface area contributed by atoms with Crippen LogP contribution in [-0.4, -0.2) is 11.1 Å². The second-order valence-electron chi connectivity index (χ2n) is 3.26. The van der Waals surface area contributed by atoms with Gasteiger partial charge in [-0.05, 0) is 6.07 Å². The van der Waals surface area contributed by atoms with Crippen LogP contribution in [0.5, 0.6) is 0 Å². The number of primary amides is 1. The molecule has 2 heterocycles. The lowest BCUT2D eigenvalue weighted by atomic mass is 10.3. The van der Waals surface area contributed by atoms with Crippen molar-refractivity contribution in [3.8, 4) is 0 Å². The number of hydrogen-bond acceptors (Lipinski definition) is 5. The summed E-state index contributed by atoms with van der Waals surface area (Å²) < 4.78 is 4.70. The highest BCUT2D eigenvalue weighted by Crippen LogP contribution is 2.13. The molecule has 3 N–H and O–H groups in total. The van der Waals surface area contributed by atoms with Crippen LogP contribution in [0.2, 0.25) is 0 Å². The van der Waals surface area contributed by atoms with Gasteiger partial charge in [-0.25, -0.2) is 0 Å². The Labute approximate surface area is 96.2 Å². The molecule has 6 heteroatoms. The Morgan fingerprint density at radius 3 is 3.06 bits per heavy atom. The maximum Gasteiger partial charge on any atom is 0.249 e. The summed E-state index contributed by atoms with van der Waals surface area (Å²) in [7, 11) is 0. The SMILES string of the molecule is NC(=O)c1csc(CNCc2ccon2)c1. The molecule has 2 aromatic rings. The maximum absolute atomic E-state index is 10.9. The first-order valence-electron chi connectivity index (χ1n) is 4.73. The summed E-state index contributed by atoms with van der Waals surface area (Å²) in [4.78, 5) is 11.9. The second-order valence-corrected chi connectivity index (χ2v) is 4.26. The molecule has 0 saturated carbocycles. The molecule has 0 fully saturated rings. The number of carbonyl (C=O) groups is 1. The molecule has 0 saturated heterocycles. The van der Waals surface area contributed by atoms with Crippen molar-refractivity contribution in [2.75, 3.05) is 0 Å². The van der Waals surface area contributed by atoms with Crippen molar-refractivity contribution in [2.45, 2.75) is 13.1 Å². The third kappa shape index (κ3) is 2.68. The molecule has 16 heavy (non-hydrogen) atoms. The van der Waals surface area contributed by atoms with Gasteiger partial charge in [0.05, 0.1) is 11.3 Å². The summed E-state index contributed by atoms with van der Waals surface area (Å²) in [5.74, 6) is -0.390. The van der Waals surface area contributed by atoms with Crippen molar-refractivity contribution in [2.24, 2.45) is 5.73 Å². The molecule has 0 aromatic carbocycles. The van der Waals surface area contributed by atoms with Gasteiger partial charge in [-0.1, -0.05) is 5.16 Å². The molecule has 0 aliphatic rings. The summed E-state index contributed by atoms with van der Waals surface area (Å²) in [5.41, 5.74) is 6.57. The van der Waals surface area contributed by atoms with Crippen LogP contribution in [0.3, 0.4) is 0 Å². The lowest BCUT2D eigenvalue weighted by Crippen LogP contribution is -2.12. The van der Waals surface area contributed by atoms with Crippen LogP contribution >= 0.6 is 11.3 Å². The Morgan fingerprint density at radius 2 is 2.44 bits per heavy atom. The number of amides is 1. The summed E-state index contributed by atoms with van der Waals surface area (Å²) in [6.07, 6.45) is 1.54. The monoisotopic (exact) mass is 237 g/mol. The maximum atomic E-state index is 10.9. The van der Waals surface area contributed by atoms with E-state index in [-0.39, 0.29) is 5.91 Å². The van der Waals surface area contributed by atoms with Crippen LogP contribution in [0.1, 0.15) is 20.9 Å². The molecule has 0 aliphatic heterocycles. The third-order valence-corrected chi connectivity index (χ3v) is 2.97. The topological polar surface area (TPSA) is 81.2 Å². The van der Waals surface area contributed by atoms with E-state index in [2.05, 4.69) is 10.5 Å². The average Bonchev–Trinajstić information content (AvgIpc) is 2.87. The summed E-state index contributed by atoms with van der Waals surface area (Å²) in [6.45, 7) is 1.32. The van der Waals surface area contributed by atoms with Gasteiger partial charge in [0.15, 0.2) is 0 Å². The fourth-order valence-electron chi connectivity index (χ4n) is 1.25. The van der Waals surface area contributed by atoms with Crippen LogP contribution in [0.15, 0.2) is 28.3 Å². The minimum atomic E-state index is -0.390. The smallest absolute Gasteiger partial charge is 0.249 e. The van der Waals surface area contributed by atoms with Crippen LogP contribution in [0.25, 0.3) is 0 Å². The number of nitrogens with one attached hydrogen (secondary N) is 1. The average molecular weight is 237 g/mol. The quantitative estimate of drug-likeness (QED) is 0.816. The highest BCUT2D eigenvalue weighted by Gasteiger charge is 2.04. The van der Waals surface area contributed by atoms with E-state index in [0.717, 1.165) is 10.6 Å². The summed E-state index contributed by atoms with van der Waals surface area (Å²) in [6, 6.07) is 3.60. The number of carbonyl (C=O) groups excluding carboxylic acids is 1. The van der Waals surface area contributed by atoms with Gasteiger partial charge in [-0.2, -0.15) is 0 Å². The normalized spacial score (nSPS) is 10.5. The first kappa shape index (κ1) is 10.8. The zero-order valence-corrected chi connectivity index (χ0v) is 9.29.